The quantitative estimate of drug-likeness (QED) is 0.628. The number of ether oxygens (including phenoxy) is 1. The van der Waals surface area contributed by atoms with Crippen LogP contribution in [0.2, 0.25) is 0 Å². The minimum Gasteiger partial charge on any atom is -0.399 e. The van der Waals surface area contributed by atoms with E-state index in [2.05, 4.69) is 4.72 Å². The predicted octanol–water partition coefficient (Wildman–Crippen LogP) is 1.74. The summed E-state index contributed by atoms with van der Waals surface area (Å²) in [6.45, 7) is 3.04. The highest BCUT2D eigenvalue weighted by molar-refractivity contribution is 7.89. The summed E-state index contributed by atoms with van der Waals surface area (Å²) in [5.74, 6) is 0. The van der Waals surface area contributed by atoms with Crippen LogP contribution in [0.4, 0.5) is 5.69 Å². The highest BCUT2D eigenvalue weighted by Gasteiger charge is 2.16. The molecule has 3 N–H and O–H groups in total. The fourth-order valence-corrected chi connectivity index (χ4v) is 3.22. The van der Waals surface area contributed by atoms with E-state index in [4.69, 9.17) is 10.5 Å². The SMILES string of the molecule is CCOCCNS(=O)(=O)c1cccc2cc(N)ccc12. The van der Waals surface area contributed by atoms with Gasteiger partial charge in [0.1, 0.15) is 0 Å². The van der Waals surface area contributed by atoms with Crippen LogP contribution in [0.15, 0.2) is 41.3 Å². The average Bonchev–Trinajstić information content (AvgIpc) is 2.42. The number of rotatable bonds is 6. The monoisotopic (exact) mass is 294 g/mol. The van der Waals surface area contributed by atoms with Crippen LogP contribution in [0.5, 0.6) is 0 Å². The Kier molecular flexibility index (Phi) is 4.59. The van der Waals surface area contributed by atoms with E-state index in [1.807, 2.05) is 13.0 Å². The zero-order chi connectivity index (χ0) is 14.6. The molecule has 108 valence electrons. The molecule has 0 unspecified atom stereocenters. The third kappa shape index (κ3) is 3.27. The molecule has 0 fully saturated rings. The number of fused-ring (bicyclic) bond motifs is 1. The number of benzene rings is 2. The number of sulfonamides is 1. The first-order valence-electron chi connectivity index (χ1n) is 6.40. The first kappa shape index (κ1) is 14.8. The fraction of sp³-hybridized carbons (Fsp3) is 0.286. The van der Waals surface area contributed by atoms with Crippen LogP contribution in [-0.2, 0) is 14.8 Å². The fourth-order valence-electron chi connectivity index (χ4n) is 1.98. The lowest BCUT2D eigenvalue weighted by Gasteiger charge is -2.10. The summed E-state index contributed by atoms with van der Waals surface area (Å²) >= 11 is 0. The summed E-state index contributed by atoms with van der Waals surface area (Å²) in [6.07, 6.45) is 0. The Hall–Kier alpha value is -1.63. The zero-order valence-corrected chi connectivity index (χ0v) is 12.1. The van der Waals surface area contributed by atoms with E-state index in [9.17, 15) is 8.42 Å². The molecular formula is C14H18N2O3S. The average molecular weight is 294 g/mol. The Balaban J connectivity index is 2.32. The van der Waals surface area contributed by atoms with Gasteiger partial charge in [0, 0.05) is 24.2 Å². The summed E-state index contributed by atoms with van der Waals surface area (Å²) in [7, 11) is -3.55. The summed E-state index contributed by atoms with van der Waals surface area (Å²) in [5, 5.41) is 1.46. The van der Waals surface area contributed by atoms with E-state index in [0.717, 1.165) is 5.39 Å². The van der Waals surface area contributed by atoms with Crippen molar-refractivity contribution in [1.29, 1.82) is 0 Å². The van der Waals surface area contributed by atoms with Gasteiger partial charge in [-0.25, -0.2) is 13.1 Å². The normalized spacial score (nSPS) is 11.8. The lowest BCUT2D eigenvalue weighted by Crippen LogP contribution is -2.27. The summed E-state index contributed by atoms with van der Waals surface area (Å²) in [4.78, 5) is 0.256. The van der Waals surface area contributed by atoms with Gasteiger partial charge in [-0.15, -0.1) is 0 Å². The van der Waals surface area contributed by atoms with Gasteiger partial charge in [-0.05, 0) is 30.5 Å². The third-order valence-electron chi connectivity index (χ3n) is 2.90. The topological polar surface area (TPSA) is 81.4 Å². The van der Waals surface area contributed by atoms with Crippen LogP contribution in [0.1, 0.15) is 6.92 Å². The van der Waals surface area contributed by atoms with Crippen molar-refractivity contribution in [2.24, 2.45) is 0 Å². The van der Waals surface area contributed by atoms with Crippen LogP contribution in [-0.4, -0.2) is 28.2 Å². The minimum absolute atomic E-state index is 0.252. The predicted molar refractivity (Wildman–Crippen MR) is 80.0 cm³/mol. The molecule has 0 amide bonds. The standard InChI is InChI=1S/C14H18N2O3S/c1-2-19-9-8-16-20(17,18)14-5-3-4-11-10-12(15)6-7-13(11)14/h3-7,10,16H,2,8-9,15H2,1H3. The van der Waals surface area contributed by atoms with Gasteiger partial charge in [0.15, 0.2) is 0 Å². The number of nitrogen functional groups attached to an aromatic ring is 1. The van der Waals surface area contributed by atoms with Gasteiger partial charge >= 0.3 is 0 Å². The maximum Gasteiger partial charge on any atom is 0.241 e. The molecule has 0 atom stereocenters. The van der Waals surface area contributed by atoms with Crippen molar-refractivity contribution in [2.45, 2.75) is 11.8 Å². The van der Waals surface area contributed by atoms with Gasteiger partial charge in [-0.1, -0.05) is 18.2 Å². The zero-order valence-electron chi connectivity index (χ0n) is 11.3. The molecule has 0 heterocycles. The molecule has 2 rings (SSSR count). The van der Waals surface area contributed by atoms with Crippen LogP contribution in [0, 0.1) is 0 Å². The van der Waals surface area contributed by atoms with Crippen LogP contribution in [0.3, 0.4) is 0 Å². The van der Waals surface area contributed by atoms with Crippen molar-refractivity contribution >= 4 is 26.5 Å². The van der Waals surface area contributed by atoms with E-state index in [0.29, 0.717) is 24.3 Å². The lowest BCUT2D eigenvalue weighted by molar-refractivity contribution is 0.153. The molecule has 2 aromatic rings. The Morgan fingerprint density at radius 1 is 1.25 bits per heavy atom. The maximum absolute atomic E-state index is 12.3. The first-order valence-corrected chi connectivity index (χ1v) is 7.88. The van der Waals surface area contributed by atoms with Gasteiger partial charge in [0.05, 0.1) is 11.5 Å². The van der Waals surface area contributed by atoms with E-state index in [-0.39, 0.29) is 11.4 Å². The van der Waals surface area contributed by atoms with E-state index < -0.39 is 10.0 Å². The summed E-state index contributed by atoms with van der Waals surface area (Å²) < 4.78 is 32.2. The van der Waals surface area contributed by atoms with Crippen LogP contribution < -0.4 is 10.5 Å². The number of hydrogen-bond donors (Lipinski definition) is 2. The minimum atomic E-state index is -3.55. The van der Waals surface area contributed by atoms with E-state index >= 15 is 0 Å². The van der Waals surface area contributed by atoms with E-state index in [1.54, 1.807) is 30.3 Å². The molecule has 2 aromatic carbocycles. The molecule has 0 spiro atoms. The second-order valence-electron chi connectivity index (χ2n) is 4.33. The molecular weight excluding hydrogens is 276 g/mol. The largest absolute Gasteiger partial charge is 0.399 e. The Morgan fingerprint density at radius 3 is 2.80 bits per heavy atom. The smallest absolute Gasteiger partial charge is 0.241 e. The van der Waals surface area contributed by atoms with Crippen molar-refractivity contribution in [3.63, 3.8) is 0 Å². The molecule has 0 aliphatic heterocycles. The van der Waals surface area contributed by atoms with Crippen molar-refractivity contribution in [3.8, 4) is 0 Å². The Morgan fingerprint density at radius 2 is 2.05 bits per heavy atom. The third-order valence-corrected chi connectivity index (χ3v) is 4.42. The van der Waals surface area contributed by atoms with Crippen LogP contribution in [0.25, 0.3) is 10.8 Å². The second kappa shape index (κ2) is 6.21. The van der Waals surface area contributed by atoms with Gasteiger partial charge in [-0.2, -0.15) is 0 Å². The number of nitrogens with two attached hydrogens (primary N) is 1. The summed E-state index contributed by atoms with van der Waals surface area (Å²) in [6, 6.07) is 10.3. The number of hydrogen-bond acceptors (Lipinski definition) is 4. The highest BCUT2D eigenvalue weighted by Crippen LogP contribution is 2.24. The molecule has 6 heteroatoms. The molecule has 0 bridgehead atoms. The van der Waals surface area contributed by atoms with Crippen molar-refractivity contribution in [3.05, 3.63) is 36.4 Å². The lowest BCUT2D eigenvalue weighted by atomic mass is 10.1. The molecule has 0 radical (unpaired) electrons. The number of anilines is 1. The van der Waals surface area contributed by atoms with Gasteiger partial charge in [-0.3, -0.25) is 0 Å². The molecule has 5 nitrogen and oxygen atoms in total. The molecule has 0 aliphatic carbocycles. The molecule has 20 heavy (non-hydrogen) atoms. The van der Waals surface area contributed by atoms with Crippen molar-refractivity contribution < 1.29 is 13.2 Å². The Labute approximate surface area is 118 Å². The number of nitrogens with one attached hydrogen (secondary N) is 1. The first-order chi connectivity index (χ1) is 9.54. The second-order valence-corrected chi connectivity index (χ2v) is 6.07. The van der Waals surface area contributed by atoms with Crippen molar-refractivity contribution in [2.75, 3.05) is 25.5 Å². The van der Waals surface area contributed by atoms with E-state index in [1.165, 1.54) is 0 Å². The highest BCUT2D eigenvalue weighted by atomic mass is 32.2. The van der Waals surface area contributed by atoms with Crippen molar-refractivity contribution in [1.82, 2.24) is 4.72 Å². The van der Waals surface area contributed by atoms with Gasteiger partial charge in [0.25, 0.3) is 0 Å². The summed E-state index contributed by atoms with van der Waals surface area (Å²) in [5.41, 5.74) is 6.32. The van der Waals surface area contributed by atoms with Gasteiger partial charge < -0.3 is 10.5 Å². The maximum atomic E-state index is 12.3. The molecule has 0 aromatic heterocycles. The Bertz CT molecular complexity index is 699. The molecule has 0 saturated heterocycles. The van der Waals surface area contributed by atoms with Gasteiger partial charge in [0.2, 0.25) is 10.0 Å². The molecule has 0 saturated carbocycles. The van der Waals surface area contributed by atoms with Crippen LogP contribution >= 0.6 is 0 Å². The molecule has 0 aliphatic rings.